The molecule has 0 radical (unpaired) electrons. The topological polar surface area (TPSA) is 12.4 Å². The first-order valence-corrected chi connectivity index (χ1v) is 3.46. The summed E-state index contributed by atoms with van der Waals surface area (Å²) in [6.45, 7) is 2.10. The molecular weight excluding hydrogens is 166 g/mol. The number of nitrogens with zero attached hydrogens (tertiary/aromatic N) is 1. The first-order chi connectivity index (χ1) is 3.79. The first-order valence-electron chi connectivity index (χ1n) is 2.67. The van der Waals surface area contributed by atoms with Gasteiger partial charge in [0.1, 0.15) is 0 Å². The van der Waals surface area contributed by atoms with E-state index in [1.807, 2.05) is 6.20 Å². The van der Waals surface area contributed by atoms with Gasteiger partial charge in [-0.2, -0.15) is 0 Å². The van der Waals surface area contributed by atoms with Gasteiger partial charge in [0, 0.05) is 12.6 Å². The SMILES string of the molecule is CC1=CN=C(Br)CC1. The molecule has 1 heterocycles. The number of halogens is 1. The van der Waals surface area contributed by atoms with Gasteiger partial charge in [-0.3, -0.25) is 4.99 Å². The second kappa shape index (κ2) is 2.44. The molecule has 0 bridgehead atoms. The molecule has 0 aliphatic carbocycles. The van der Waals surface area contributed by atoms with E-state index in [0.717, 1.165) is 17.5 Å². The van der Waals surface area contributed by atoms with Crippen molar-refractivity contribution in [1.82, 2.24) is 0 Å². The summed E-state index contributed by atoms with van der Waals surface area (Å²) in [5, 5.41) is 0. The van der Waals surface area contributed by atoms with E-state index < -0.39 is 0 Å². The molecule has 1 aliphatic rings. The van der Waals surface area contributed by atoms with Crippen LogP contribution in [-0.2, 0) is 0 Å². The van der Waals surface area contributed by atoms with Crippen molar-refractivity contribution in [2.75, 3.05) is 0 Å². The van der Waals surface area contributed by atoms with E-state index in [-0.39, 0.29) is 0 Å². The van der Waals surface area contributed by atoms with E-state index in [9.17, 15) is 0 Å². The number of aliphatic imine (C=N–C) groups is 1. The normalized spacial score (nSPS) is 19.8. The van der Waals surface area contributed by atoms with Crippen LogP contribution in [0.4, 0.5) is 0 Å². The van der Waals surface area contributed by atoms with Gasteiger partial charge in [0.15, 0.2) is 0 Å². The fourth-order valence-electron chi connectivity index (χ4n) is 0.610. The fourth-order valence-corrected chi connectivity index (χ4v) is 0.910. The lowest BCUT2D eigenvalue weighted by Gasteiger charge is -2.03. The Bertz CT molecular complexity index is 129. The van der Waals surface area contributed by atoms with Crippen molar-refractivity contribution < 1.29 is 0 Å². The van der Waals surface area contributed by atoms with E-state index in [1.54, 1.807) is 0 Å². The second-order valence-electron chi connectivity index (χ2n) is 1.98. The third-order valence-electron chi connectivity index (χ3n) is 1.15. The Kier molecular flexibility index (Phi) is 1.84. The monoisotopic (exact) mass is 173 g/mol. The minimum absolute atomic E-state index is 1.07. The standard InChI is InChI=1S/C6H8BrN/c1-5-2-3-6(7)8-4-5/h4H,2-3H2,1H3. The van der Waals surface area contributed by atoms with Gasteiger partial charge >= 0.3 is 0 Å². The zero-order valence-electron chi connectivity index (χ0n) is 4.82. The van der Waals surface area contributed by atoms with Gasteiger partial charge in [-0.25, -0.2) is 0 Å². The van der Waals surface area contributed by atoms with Crippen LogP contribution in [0.25, 0.3) is 0 Å². The molecule has 44 valence electrons. The molecular formula is C6H8BrN. The zero-order valence-corrected chi connectivity index (χ0v) is 6.40. The van der Waals surface area contributed by atoms with Crippen LogP contribution in [0.15, 0.2) is 16.8 Å². The summed E-state index contributed by atoms with van der Waals surface area (Å²) in [5.74, 6) is 0. The number of rotatable bonds is 0. The number of allylic oxidation sites excluding steroid dienone is 1. The van der Waals surface area contributed by atoms with Crippen molar-refractivity contribution in [2.24, 2.45) is 4.99 Å². The van der Waals surface area contributed by atoms with Gasteiger partial charge in [-0.05, 0) is 29.3 Å². The van der Waals surface area contributed by atoms with Crippen molar-refractivity contribution in [2.45, 2.75) is 19.8 Å². The van der Waals surface area contributed by atoms with Crippen molar-refractivity contribution in [3.8, 4) is 0 Å². The third kappa shape index (κ3) is 1.44. The molecule has 0 aromatic carbocycles. The smallest absolute Gasteiger partial charge is 0.0832 e. The van der Waals surface area contributed by atoms with E-state index in [2.05, 4.69) is 27.8 Å². The van der Waals surface area contributed by atoms with E-state index in [4.69, 9.17) is 0 Å². The van der Waals surface area contributed by atoms with Crippen LogP contribution in [0.3, 0.4) is 0 Å². The molecule has 0 unspecified atom stereocenters. The maximum atomic E-state index is 4.08. The molecule has 0 N–H and O–H groups in total. The van der Waals surface area contributed by atoms with Crippen molar-refractivity contribution in [3.63, 3.8) is 0 Å². The molecule has 0 saturated heterocycles. The van der Waals surface area contributed by atoms with E-state index in [0.29, 0.717) is 0 Å². The van der Waals surface area contributed by atoms with Crippen LogP contribution in [0.1, 0.15) is 19.8 Å². The molecule has 0 spiro atoms. The first kappa shape index (κ1) is 6.02. The van der Waals surface area contributed by atoms with Crippen molar-refractivity contribution in [1.29, 1.82) is 0 Å². The summed E-state index contributed by atoms with van der Waals surface area (Å²) in [6, 6.07) is 0. The van der Waals surface area contributed by atoms with Gasteiger partial charge in [0.25, 0.3) is 0 Å². The van der Waals surface area contributed by atoms with Crippen LogP contribution < -0.4 is 0 Å². The zero-order chi connectivity index (χ0) is 5.98. The van der Waals surface area contributed by atoms with Gasteiger partial charge in [-0.1, -0.05) is 5.57 Å². The highest BCUT2D eigenvalue weighted by Crippen LogP contribution is 2.13. The quantitative estimate of drug-likeness (QED) is 0.534. The average Bonchev–Trinajstić information content (AvgIpc) is 1.77. The lowest BCUT2D eigenvalue weighted by atomic mass is 10.2. The molecule has 0 saturated carbocycles. The van der Waals surface area contributed by atoms with Gasteiger partial charge in [0.2, 0.25) is 0 Å². The number of hydrogen-bond donors (Lipinski definition) is 0. The van der Waals surface area contributed by atoms with Crippen molar-refractivity contribution in [3.05, 3.63) is 11.8 Å². The molecule has 0 atom stereocenters. The Morgan fingerprint density at radius 1 is 1.62 bits per heavy atom. The summed E-state index contributed by atoms with van der Waals surface area (Å²) in [6.07, 6.45) is 4.14. The Hall–Kier alpha value is -0.110. The Morgan fingerprint density at radius 3 is 2.75 bits per heavy atom. The maximum Gasteiger partial charge on any atom is 0.0832 e. The van der Waals surface area contributed by atoms with Crippen LogP contribution in [0.5, 0.6) is 0 Å². The summed E-state index contributed by atoms with van der Waals surface area (Å²) in [5.41, 5.74) is 1.37. The van der Waals surface area contributed by atoms with Crippen molar-refractivity contribution >= 4 is 20.6 Å². The van der Waals surface area contributed by atoms with Crippen LogP contribution in [0, 0.1) is 0 Å². The summed E-state index contributed by atoms with van der Waals surface area (Å²) < 4.78 is 1.07. The minimum Gasteiger partial charge on any atom is -0.254 e. The molecule has 0 aromatic rings. The molecule has 1 nitrogen and oxygen atoms in total. The highest BCUT2D eigenvalue weighted by molar-refractivity contribution is 9.18. The lowest BCUT2D eigenvalue weighted by Crippen LogP contribution is -1.91. The largest absolute Gasteiger partial charge is 0.254 e. The summed E-state index contributed by atoms with van der Waals surface area (Å²) in [4.78, 5) is 4.08. The Morgan fingerprint density at radius 2 is 2.38 bits per heavy atom. The predicted molar refractivity (Wildman–Crippen MR) is 39.4 cm³/mol. The Labute approximate surface area is 57.6 Å². The van der Waals surface area contributed by atoms with Gasteiger partial charge in [-0.15, -0.1) is 0 Å². The molecule has 0 fully saturated rings. The van der Waals surface area contributed by atoms with Gasteiger partial charge < -0.3 is 0 Å². The summed E-state index contributed by atoms with van der Waals surface area (Å²) in [7, 11) is 0. The highest BCUT2D eigenvalue weighted by Gasteiger charge is 1.98. The minimum atomic E-state index is 1.07. The van der Waals surface area contributed by atoms with E-state index in [1.165, 1.54) is 5.57 Å². The third-order valence-corrected chi connectivity index (χ3v) is 1.75. The molecule has 8 heavy (non-hydrogen) atoms. The average molecular weight is 174 g/mol. The molecule has 2 heteroatoms. The summed E-state index contributed by atoms with van der Waals surface area (Å²) >= 11 is 3.32. The number of hydrogen-bond acceptors (Lipinski definition) is 1. The van der Waals surface area contributed by atoms with Gasteiger partial charge in [0.05, 0.1) is 4.62 Å². The Balaban J connectivity index is 2.65. The lowest BCUT2D eigenvalue weighted by molar-refractivity contribution is 0.991. The molecule has 0 amide bonds. The second-order valence-corrected chi connectivity index (χ2v) is 2.90. The maximum absolute atomic E-state index is 4.08. The highest BCUT2D eigenvalue weighted by atomic mass is 79.9. The molecule has 1 aliphatic heterocycles. The van der Waals surface area contributed by atoms with Crippen LogP contribution >= 0.6 is 15.9 Å². The molecule has 1 rings (SSSR count). The predicted octanol–water partition coefficient (Wildman–Crippen LogP) is 2.48. The van der Waals surface area contributed by atoms with E-state index >= 15 is 0 Å². The van der Waals surface area contributed by atoms with Crippen LogP contribution in [0.2, 0.25) is 0 Å². The molecule has 0 aromatic heterocycles. The fraction of sp³-hybridized carbons (Fsp3) is 0.500. The van der Waals surface area contributed by atoms with Crippen LogP contribution in [-0.4, -0.2) is 4.62 Å².